The number of rotatable bonds is 7. The number of amides is 1. The van der Waals surface area contributed by atoms with Gasteiger partial charge < -0.3 is 10.1 Å². The molecule has 0 fully saturated rings. The maximum atomic E-state index is 13.0. The third-order valence-electron chi connectivity index (χ3n) is 5.52. The molecule has 4 aromatic rings. The zero-order valence-corrected chi connectivity index (χ0v) is 20.2. The van der Waals surface area contributed by atoms with Gasteiger partial charge in [0.1, 0.15) is 5.75 Å². The van der Waals surface area contributed by atoms with Crippen molar-refractivity contribution in [2.75, 3.05) is 12.4 Å². The lowest BCUT2D eigenvalue weighted by atomic mass is 10.1. The molecule has 1 N–H and O–H groups in total. The lowest BCUT2D eigenvalue weighted by molar-refractivity contribution is -0.115. The van der Waals surface area contributed by atoms with Crippen LogP contribution in [0.15, 0.2) is 66.0 Å². The topological polar surface area (TPSA) is 74.0 Å². The van der Waals surface area contributed by atoms with Crippen LogP contribution in [0.2, 0.25) is 0 Å². The van der Waals surface area contributed by atoms with E-state index in [0.29, 0.717) is 0 Å². The summed E-state index contributed by atoms with van der Waals surface area (Å²) in [6, 6.07) is 17.9. The minimum absolute atomic E-state index is 0.0966. The molecule has 2 heterocycles. The van der Waals surface area contributed by atoms with Crippen LogP contribution in [0.4, 0.5) is 5.69 Å². The number of carbonyl (C=O) groups is 1. The van der Waals surface area contributed by atoms with Crippen molar-refractivity contribution in [1.82, 2.24) is 19.3 Å². The number of benzene rings is 2. The molecular weight excluding hydrogens is 434 g/mol. The van der Waals surface area contributed by atoms with Gasteiger partial charge in [0.25, 0.3) is 0 Å². The SMILES string of the molecule is COc1cccc(-n2c(-c3ccccc3)cnc2SC(C)C(=O)Nc2c(C)nn(C)c2C)c1. The molecule has 1 amide bonds. The number of nitrogens with one attached hydrogen (secondary N) is 1. The standard InChI is InChI=1S/C25H27N5O2S/c1-16-23(17(2)29(4)28-16)27-24(31)18(3)33-25-26-15-22(19-10-7-6-8-11-19)30(25)20-12-9-13-21(14-20)32-5/h6-15,18H,1-5H3,(H,27,31). The molecule has 7 nitrogen and oxygen atoms in total. The minimum atomic E-state index is -0.376. The van der Waals surface area contributed by atoms with Crippen LogP contribution in [-0.2, 0) is 11.8 Å². The first kappa shape index (κ1) is 22.7. The summed E-state index contributed by atoms with van der Waals surface area (Å²) in [7, 11) is 3.52. The lowest BCUT2D eigenvalue weighted by Crippen LogP contribution is -2.23. The van der Waals surface area contributed by atoms with Crippen molar-refractivity contribution in [3.8, 4) is 22.7 Å². The number of hydrogen-bond acceptors (Lipinski definition) is 5. The summed E-state index contributed by atoms with van der Waals surface area (Å²) in [5.74, 6) is 0.658. The highest BCUT2D eigenvalue weighted by Crippen LogP contribution is 2.33. The number of hydrogen-bond donors (Lipinski definition) is 1. The van der Waals surface area contributed by atoms with Gasteiger partial charge in [-0.15, -0.1) is 0 Å². The van der Waals surface area contributed by atoms with E-state index in [1.165, 1.54) is 11.8 Å². The van der Waals surface area contributed by atoms with E-state index in [2.05, 4.69) is 20.0 Å². The summed E-state index contributed by atoms with van der Waals surface area (Å²) in [5, 5.41) is 7.77. The van der Waals surface area contributed by atoms with Crippen molar-refractivity contribution in [3.05, 3.63) is 72.2 Å². The van der Waals surface area contributed by atoms with E-state index >= 15 is 0 Å². The first-order valence-corrected chi connectivity index (χ1v) is 11.5. The monoisotopic (exact) mass is 461 g/mol. The number of thioether (sulfide) groups is 1. The number of anilines is 1. The highest BCUT2D eigenvalue weighted by Gasteiger charge is 2.22. The second-order valence-corrected chi connectivity index (χ2v) is 9.06. The van der Waals surface area contributed by atoms with E-state index in [0.717, 1.165) is 44.9 Å². The van der Waals surface area contributed by atoms with Gasteiger partial charge in [-0.2, -0.15) is 5.10 Å². The summed E-state index contributed by atoms with van der Waals surface area (Å²) in [5.41, 5.74) is 5.37. The molecule has 2 aromatic heterocycles. The predicted octanol–water partition coefficient (Wildman–Crippen LogP) is 5.02. The Labute approximate surface area is 197 Å². The van der Waals surface area contributed by atoms with Gasteiger partial charge in [-0.25, -0.2) is 4.98 Å². The molecule has 170 valence electrons. The van der Waals surface area contributed by atoms with Crippen LogP contribution < -0.4 is 10.1 Å². The largest absolute Gasteiger partial charge is 0.497 e. The van der Waals surface area contributed by atoms with Gasteiger partial charge in [0.05, 0.1) is 47.0 Å². The van der Waals surface area contributed by atoms with Crippen molar-refractivity contribution in [2.24, 2.45) is 7.05 Å². The maximum absolute atomic E-state index is 13.0. The van der Waals surface area contributed by atoms with Gasteiger partial charge in [0, 0.05) is 18.7 Å². The molecule has 0 aliphatic rings. The van der Waals surface area contributed by atoms with Gasteiger partial charge in [-0.1, -0.05) is 48.2 Å². The lowest BCUT2D eigenvalue weighted by Gasteiger charge is -2.16. The van der Waals surface area contributed by atoms with Crippen LogP contribution in [0, 0.1) is 13.8 Å². The molecule has 1 atom stereocenters. The average molecular weight is 462 g/mol. The predicted molar refractivity (Wildman–Crippen MR) is 132 cm³/mol. The zero-order chi connectivity index (χ0) is 23.5. The number of aromatic nitrogens is 4. The molecule has 0 saturated heterocycles. The number of ether oxygens (including phenoxy) is 1. The second-order valence-electron chi connectivity index (χ2n) is 7.75. The van der Waals surface area contributed by atoms with Crippen LogP contribution in [-0.4, -0.2) is 37.6 Å². The van der Waals surface area contributed by atoms with Crippen molar-refractivity contribution in [2.45, 2.75) is 31.2 Å². The number of aryl methyl sites for hydroxylation is 2. The number of nitrogens with zero attached hydrogens (tertiary/aromatic N) is 4. The number of carbonyl (C=O) groups excluding carboxylic acids is 1. The molecule has 0 bridgehead atoms. The quantitative estimate of drug-likeness (QED) is 0.391. The maximum Gasteiger partial charge on any atom is 0.237 e. The molecule has 1 unspecified atom stereocenters. The summed E-state index contributed by atoms with van der Waals surface area (Å²) in [6.07, 6.45) is 1.84. The molecule has 0 saturated carbocycles. The Kier molecular flexibility index (Phi) is 6.55. The highest BCUT2D eigenvalue weighted by atomic mass is 32.2. The van der Waals surface area contributed by atoms with E-state index in [1.807, 2.05) is 88.6 Å². The molecule has 0 radical (unpaired) electrons. The summed E-state index contributed by atoms with van der Waals surface area (Å²) in [6.45, 7) is 5.71. The fourth-order valence-corrected chi connectivity index (χ4v) is 4.53. The van der Waals surface area contributed by atoms with Crippen molar-refractivity contribution in [3.63, 3.8) is 0 Å². The normalized spacial score (nSPS) is 11.9. The average Bonchev–Trinajstić information content (AvgIpc) is 3.35. The van der Waals surface area contributed by atoms with Crippen LogP contribution >= 0.6 is 11.8 Å². The molecule has 0 spiro atoms. The summed E-state index contributed by atoms with van der Waals surface area (Å²) >= 11 is 1.41. The van der Waals surface area contributed by atoms with Gasteiger partial charge in [0.15, 0.2) is 5.16 Å². The first-order valence-electron chi connectivity index (χ1n) is 10.6. The minimum Gasteiger partial charge on any atom is -0.497 e. The van der Waals surface area contributed by atoms with E-state index in [9.17, 15) is 4.79 Å². The van der Waals surface area contributed by atoms with Gasteiger partial charge >= 0.3 is 0 Å². The molecule has 33 heavy (non-hydrogen) atoms. The van der Waals surface area contributed by atoms with Crippen molar-refractivity contribution in [1.29, 1.82) is 0 Å². The molecule has 0 aliphatic carbocycles. The Morgan fingerprint density at radius 3 is 2.55 bits per heavy atom. The Hall–Kier alpha value is -3.52. The molecule has 2 aromatic carbocycles. The fourth-order valence-electron chi connectivity index (χ4n) is 3.62. The Balaban J connectivity index is 1.67. The molecular formula is C25H27N5O2S. The smallest absolute Gasteiger partial charge is 0.237 e. The highest BCUT2D eigenvalue weighted by molar-refractivity contribution is 8.00. The first-order chi connectivity index (χ1) is 15.9. The third kappa shape index (κ3) is 4.66. The number of imidazole rings is 1. The summed E-state index contributed by atoms with van der Waals surface area (Å²) in [4.78, 5) is 17.7. The molecule has 4 rings (SSSR count). The van der Waals surface area contributed by atoms with E-state index < -0.39 is 0 Å². The number of methoxy groups -OCH3 is 1. The Bertz CT molecular complexity index is 1280. The van der Waals surface area contributed by atoms with Gasteiger partial charge in [0.2, 0.25) is 5.91 Å². The van der Waals surface area contributed by atoms with Crippen LogP contribution in [0.25, 0.3) is 16.9 Å². The van der Waals surface area contributed by atoms with Crippen LogP contribution in [0.3, 0.4) is 0 Å². The summed E-state index contributed by atoms with van der Waals surface area (Å²) < 4.78 is 9.27. The Morgan fingerprint density at radius 1 is 1.12 bits per heavy atom. The van der Waals surface area contributed by atoms with Crippen molar-refractivity contribution < 1.29 is 9.53 Å². The Morgan fingerprint density at radius 2 is 1.88 bits per heavy atom. The second kappa shape index (κ2) is 9.54. The molecule has 8 heteroatoms. The van der Waals surface area contributed by atoms with Gasteiger partial charge in [-0.05, 0) is 32.9 Å². The van der Waals surface area contributed by atoms with E-state index in [-0.39, 0.29) is 11.2 Å². The van der Waals surface area contributed by atoms with Crippen molar-refractivity contribution >= 4 is 23.4 Å². The zero-order valence-electron chi connectivity index (χ0n) is 19.4. The van der Waals surface area contributed by atoms with Gasteiger partial charge in [-0.3, -0.25) is 14.0 Å². The van der Waals surface area contributed by atoms with Crippen LogP contribution in [0.5, 0.6) is 5.75 Å². The van der Waals surface area contributed by atoms with E-state index in [4.69, 9.17) is 4.74 Å². The van der Waals surface area contributed by atoms with E-state index in [1.54, 1.807) is 11.8 Å². The fraction of sp³-hybridized carbons (Fsp3) is 0.240. The third-order valence-corrected chi connectivity index (χ3v) is 6.59. The van der Waals surface area contributed by atoms with Crippen LogP contribution in [0.1, 0.15) is 18.3 Å². The molecule has 0 aliphatic heterocycles.